The number of amides is 1. The van der Waals surface area contributed by atoms with E-state index in [0.29, 0.717) is 31.0 Å². The van der Waals surface area contributed by atoms with Gasteiger partial charge >= 0.3 is 0 Å². The fourth-order valence-electron chi connectivity index (χ4n) is 5.00. The molecule has 4 nitrogen and oxygen atoms in total. The molecule has 27 heavy (non-hydrogen) atoms. The molecule has 1 aromatic carbocycles. The van der Waals surface area contributed by atoms with Crippen molar-refractivity contribution in [2.75, 3.05) is 7.05 Å². The number of fused-ring (bicyclic) bond motifs is 3. The van der Waals surface area contributed by atoms with Crippen molar-refractivity contribution in [2.24, 2.45) is 0 Å². The average molecular weight is 391 g/mol. The van der Waals surface area contributed by atoms with E-state index in [0.717, 1.165) is 31.2 Å². The molecular formula is C22H31ClN2O2. The SMILES string of the molecule is CN(C(=O)CCC(=O)c1ccc2c(c1)CCCC2)C1CC2CCC(C1)N2.Cl. The molecule has 2 fully saturated rings. The van der Waals surface area contributed by atoms with Crippen molar-refractivity contribution >= 4 is 24.1 Å². The van der Waals surface area contributed by atoms with E-state index in [9.17, 15) is 9.59 Å². The number of hydrogen-bond acceptors (Lipinski definition) is 3. The summed E-state index contributed by atoms with van der Waals surface area (Å²) in [5.74, 6) is 0.216. The fourth-order valence-corrected chi connectivity index (χ4v) is 5.00. The number of Topliss-reactive ketones (excluding diaryl/α,β-unsaturated/α-hetero) is 1. The molecule has 1 aliphatic carbocycles. The van der Waals surface area contributed by atoms with Crippen LogP contribution in [0.3, 0.4) is 0 Å². The number of hydrogen-bond donors (Lipinski definition) is 1. The highest BCUT2D eigenvalue weighted by atomic mass is 35.5. The van der Waals surface area contributed by atoms with Gasteiger partial charge in [-0.15, -0.1) is 12.4 Å². The summed E-state index contributed by atoms with van der Waals surface area (Å²) in [6, 6.07) is 7.61. The minimum Gasteiger partial charge on any atom is -0.343 e. The van der Waals surface area contributed by atoms with Crippen LogP contribution >= 0.6 is 12.4 Å². The van der Waals surface area contributed by atoms with Crippen LogP contribution in [0.2, 0.25) is 0 Å². The Balaban J connectivity index is 0.00000210. The Labute approximate surface area is 168 Å². The minimum absolute atomic E-state index is 0. The number of ketones is 1. The van der Waals surface area contributed by atoms with Crippen LogP contribution in [0.25, 0.3) is 0 Å². The predicted molar refractivity (Wildman–Crippen MR) is 110 cm³/mol. The monoisotopic (exact) mass is 390 g/mol. The molecule has 148 valence electrons. The van der Waals surface area contributed by atoms with Gasteiger partial charge in [0, 0.05) is 43.6 Å². The molecule has 0 aromatic heterocycles. The molecule has 2 atom stereocenters. The van der Waals surface area contributed by atoms with Crippen molar-refractivity contribution < 1.29 is 9.59 Å². The molecule has 0 radical (unpaired) electrons. The first-order valence-electron chi connectivity index (χ1n) is 10.3. The van der Waals surface area contributed by atoms with Gasteiger partial charge in [0.25, 0.3) is 0 Å². The molecule has 0 saturated carbocycles. The second-order valence-electron chi connectivity index (χ2n) is 8.38. The van der Waals surface area contributed by atoms with Crippen molar-refractivity contribution in [1.82, 2.24) is 10.2 Å². The van der Waals surface area contributed by atoms with Gasteiger partial charge in [0.1, 0.15) is 0 Å². The molecule has 2 aliphatic heterocycles. The summed E-state index contributed by atoms with van der Waals surface area (Å²) in [5, 5.41) is 3.62. The van der Waals surface area contributed by atoms with Crippen LogP contribution in [-0.2, 0) is 17.6 Å². The van der Waals surface area contributed by atoms with Crippen LogP contribution in [0.5, 0.6) is 0 Å². The minimum atomic E-state index is 0. The number of halogens is 1. The van der Waals surface area contributed by atoms with Gasteiger partial charge in [0.15, 0.2) is 5.78 Å². The number of aryl methyl sites for hydroxylation is 2. The normalized spacial score (nSPS) is 26.0. The second-order valence-corrected chi connectivity index (χ2v) is 8.38. The Hall–Kier alpha value is -1.39. The zero-order valence-corrected chi connectivity index (χ0v) is 17.0. The molecule has 1 amide bonds. The lowest BCUT2D eigenvalue weighted by Gasteiger charge is -2.35. The summed E-state index contributed by atoms with van der Waals surface area (Å²) < 4.78 is 0. The molecule has 2 heterocycles. The maximum absolute atomic E-state index is 12.6. The number of piperidine rings is 1. The van der Waals surface area contributed by atoms with Gasteiger partial charge in [-0.3, -0.25) is 9.59 Å². The van der Waals surface area contributed by atoms with Crippen molar-refractivity contribution in [3.8, 4) is 0 Å². The van der Waals surface area contributed by atoms with E-state index in [2.05, 4.69) is 17.4 Å². The largest absolute Gasteiger partial charge is 0.343 e. The molecule has 2 bridgehead atoms. The van der Waals surface area contributed by atoms with E-state index in [1.807, 2.05) is 18.0 Å². The van der Waals surface area contributed by atoms with Crippen molar-refractivity contribution in [3.63, 3.8) is 0 Å². The third kappa shape index (κ3) is 4.55. The molecule has 2 saturated heterocycles. The summed E-state index contributed by atoms with van der Waals surface area (Å²) in [4.78, 5) is 27.1. The van der Waals surface area contributed by atoms with Crippen LogP contribution in [0, 0.1) is 0 Å². The van der Waals surface area contributed by atoms with Crippen LogP contribution in [0.15, 0.2) is 18.2 Å². The Morgan fingerprint density at radius 2 is 1.70 bits per heavy atom. The van der Waals surface area contributed by atoms with Crippen molar-refractivity contribution in [1.29, 1.82) is 0 Å². The lowest BCUT2D eigenvalue weighted by atomic mass is 9.89. The molecular weight excluding hydrogens is 360 g/mol. The van der Waals surface area contributed by atoms with Crippen LogP contribution in [-0.4, -0.2) is 41.8 Å². The Kier molecular flexibility index (Phi) is 6.59. The number of benzene rings is 1. The van der Waals surface area contributed by atoms with E-state index in [4.69, 9.17) is 0 Å². The van der Waals surface area contributed by atoms with Gasteiger partial charge in [0.2, 0.25) is 5.91 Å². The summed E-state index contributed by atoms with van der Waals surface area (Å²) in [6.45, 7) is 0. The van der Waals surface area contributed by atoms with Gasteiger partial charge in [-0.05, 0) is 68.6 Å². The first kappa shape index (κ1) is 20.3. The molecule has 2 unspecified atom stereocenters. The summed E-state index contributed by atoms with van der Waals surface area (Å²) in [7, 11) is 1.92. The van der Waals surface area contributed by atoms with Crippen molar-refractivity contribution in [3.05, 3.63) is 34.9 Å². The molecule has 3 aliphatic rings. The highest BCUT2D eigenvalue weighted by Crippen LogP contribution is 2.29. The van der Waals surface area contributed by atoms with E-state index in [1.165, 1.54) is 36.8 Å². The number of rotatable bonds is 5. The van der Waals surface area contributed by atoms with E-state index < -0.39 is 0 Å². The second kappa shape index (κ2) is 8.74. The fraction of sp³-hybridized carbons (Fsp3) is 0.636. The number of nitrogens with one attached hydrogen (secondary N) is 1. The number of carbonyl (C=O) groups excluding carboxylic acids is 2. The van der Waals surface area contributed by atoms with E-state index >= 15 is 0 Å². The van der Waals surface area contributed by atoms with Crippen LogP contribution in [0.4, 0.5) is 0 Å². The zero-order valence-electron chi connectivity index (χ0n) is 16.2. The van der Waals surface area contributed by atoms with Gasteiger partial charge in [0.05, 0.1) is 0 Å². The zero-order chi connectivity index (χ0) is 18.1. The molecule has 1 aromatic rings. The highest BCUT2D eigenvalue weighted by molar-refractivity contribution is 5.98. The van der Waals surface area contributed by atoms with Crippen LogP contribution in [0.1, 0.15) is 72.9 Å². The molecule has 4 rings (SSSR count). The lowest BCUT2D eigenvalue weighted by Crippen LogP contribution is -2.48. The number of carbonyl (C=O) groups is 2. The molecule has 0 spiro atoms. The maximum atomic E-state index is 12.6. The Morgan fingerprint density at radius 1 is 1.04 bits per heavy atom. The van der Waals surface area contributed by atoms with Gasteiger partial charge in [-0.1, -0.05) is 12.1 Å². The van der Waals surface area contributed by atoms with Gasteiger partial charge < -0.3 is 10.2 Å². The van der Waals surface area contributed by atoms with Gasteiger partial charge in [-0.25, -0.2) is 0 Å². The third-order valence-corrected chi connectivity index (χ3v) is 6.63. The number of nitrogens with zero attached hydrogens (tertiary/aromatic N) is 1. The topological polar surface area (TPSA) is 49.4 Å². The van der Waals surface area contributed by atoms with Crippen LogP contribution < -0.4 is 5.32 Å². The average Bonchev–Trinajstić information content (AvgIpc) is 3.02. The summed E-state index contributed by atoms with van der Waals surface area (Å²) in [6.07, 6.45) is 9.90. The smallest absolute Gasteiger partial charge is 0.223 e. The van der Waals surface area contributed by atoms with E-state index in [1.54, 1.807) is 0 Å². The Bertz CT molecular complexity index is 694. The first-order valence-corrected chi connectivity index (χ1v) is 10.3. The van der Waals surface area contributed by atoms with E-state index in [-0.39, 0.29) is 24.1 Å². The maximum Gasteiger partial charge on any atom is 0.223 e. The van der Waals surface area contributed by atoms with Crippen molar-refractivity contribution in [2.45, 2.75) is 82.3 Å². The van der Waals surface area contributed by atoms with Gasteiger partial charge in [-0.2, -0.15) is 0 Å². The third-order valence-electron chi connectivity index (χ3n) is 6.63. The summed E-state index contributed by atoms with van der Waals surface area (Å²) >= 11 is 0. The Morgan fingerprint density at radius 3 is 2.41 bits per heavy atom. The first-order chi connectivity index (χ1) is 12.6. The molecule has 1 N–H and O–H groups in total. The molecule has 5 heteroatoms. The quantitative estimate of drug-likeness (QED) is 0.780. The summed E-state index contributed by atoms with van der Waals surface area (Å²) in [5.41, 5.74) is 3.50. The highest BCUT2D eigenvalue weighted by Gasteiger charge is 2.36. The predicted octanol–water partition coefficient (Wildman–Crippen LogP) is 3.69. The lowest BCUT2D eigenvalue weighted by molar-refractivity contribution is -0.132. The standard InChI is InChI=1S/C22H30N2O2.ClH/c1-24(20-13-18-8-9-19(14-20)23-18)22(26)11-10-21(25)17-7-6-15-4-2-3-5-16(15)12-17;/h6-7,12,18-20,23H,2-5,8-11,13-14H2,1H3;1H.